The van der Waals surface area contributed by atoms with Crippen molar-refractivity contribution in [3.8, 4) is 5.75 Å². The SMILES string of the molecule is CCOC(=O)c1ccc(OCc2cccc(Br)c2)c(Br)c1. The molecule has 5 heteroatoms. The van der Waals surface area contributed by atoms with Gasteiger partial charge in [-0.1, -0.05) is 28.1 Å². The number of hydrogen-bond donors (Lipinski definition) is 0. The highest BCUT2D eigenvalue weighted by molar-refractivity contribution is 9.10. The molecule has 0 saturated carbocycles. The molecule has 0 heterocycles. The third kappa shape index (κ3) is 4.58. The summed E-state index contributed by atoms with van der Waals surface area (Å²) in [5.41, 5.74) is 1.56. The van der Waals surface area contributed by atoms with Gasteiger partial charge < -0.3 is 9.47 Å². The molecule has 0 spiro atoms. The summed E-state index contributed by atoms with van der Waals surface area (Å²) in [5, 5.41) is 0. The quantitative estimate of drug-likeness (QED) is 0.649. The molecular formula is C16H14Br2O3. The number of carbonyl (C=O) groups is 1. The van der Waals surface area contributed by atoms with Crippen LogP contribution in [0.25, 0.3) is 0 Å². The fourth-order valence-electron chi connectivity index (χ4n) is 1.75. The molecule has 0 fully saturated rings. The smallest absolute Gasteiger partial charge is 0.338 e. The maximum atomic E-state index is 11.6. The van der Waals surface area contributed by atoms with Crippen molar-refractivity contribution in [2.75, 3.05) is 6.61 Å². The lowest BCUT2D eigenvalue weighted by Gasteiger charge is -2.10. The first-order valence-corrected chi connectivity index (χ1v) is 8.02. The van der Waals surface area contributed by atoms with Crippen molar-refractivity contribution in [3.05, 3.63) is 62.5 Å². The van der Waals surface area contributed by atoms with E-state index in [-0.39, 0.29) is 5.97 Å². The molecule has 0 N–H and O–H groups in total. The number of esters is 1. The second kappa shape index (κ2) is 7.61. The highest BCUT2D eigenvalue weighted by Crippen LogP contribution is 2.27. The van der Waals surface area contributed by atoms with Crippen LogP contribution in [0.5, 0.6) is 5.75 Å². The molecule has 0 atom stereocenters. The Bertz CT molecular complexity index is 641. The van der Waals surface area contributed by atoms with Gasteiger partial charge in [-0.25, -0.2) is 4.79 Å². The topological polar surface area (TPSA) is 35.5 Å². The molecular weight excluding hydrogens is 400 g/mol. The van der Waals surface area contributed by atoms with E-state index >= 15 is 0 Å². The Morgan fingerprint density at radius 2 is 1.95 bits per heavy atom. The van der Waals surface area contributed by atoms with Crippen LogP contribution < -0.4 is 4.74 Å². The lowest BCUT2D eigenvalue weighted by Crippen LogP contribution is -2.05. The summed E-state index contributed by atoms with van der Waals surface area (Å²) in [4.78, 5) is 11.6. The van der Waals surface area contributed by atoms with Crippen molar-refractivity contribution >= 4 is 37.8 Å². The average molecular weight is 414 g/mol. The summed E-state index contributed by atoms with van der Waals surface area (Å²) >= 11 is 6.84. The summed E-state index contributed by atoms with van der Waals surface area (Å²) in [6, 6.07) is 13.1. The molecule has 0 amide bonds. The van der Waals surface area contributed by atoms with Gasteiger partial charge in [0.1, 0.15) is 12.4 Å². The van der Waals surface area contributed by atoms with Gasteiger partial charge in [-0.2, -0.15) is 0 Å². The second-order valence-electron chi connectivity index (χ2n) is 4.28. The van der Waals surface area contributed by atoms with E-state index < -0.39 is 0 Å². The molecule has 0 aliphatic rings. The predicted molar refractivity (Wildman–Crippen MR) is 88.6 cm³/mol. The number of ether oxygens (including phenoxy) is 2. The van der Waals surface area contributed by atoms with Crippen LogP contribution in [0.2, 0.25) is 0 Å². The third-order valence-electron chi connectivity index (χ3n) is 2.73. The van der Waals surface area contributed by atoms with Crippen LogP contribution in [0, 0.1) is 0 Å². The van der Waals surface area contributed by atoms with Crippen LogP contribution in [0.4, 0.5) is 0 Å². The van der Waals surface area contributed by atoms with Gasteiger partial charge in [-0.05, 0) is 58.7 Å². The van der Waals surface area contributed by atoms with Crippen LogP contribution in [0.1, 0.15) is 22.8 Å². The van der Waals surface area contributed by atoms with Crippen molar-refractivity contribution in [1.82, 2.24) is 0 Å². The molecule has 0 aromatic heterocycles. The maximum absolute atomic E-state index is 11.6. The molecule has 0 unspecified atom stereocenters. The molecule has 0 radical (unpaired) electrons. The van der Waals surface area contributed by atoms with E-state index in [9.17, 15) is 4.79 Å². The zero-order valence-electron chi connectivity index (χ0n) is 11.4. The zero-order valence-corrected chi connectivity index (χ0v) is 14.6. The summed E-state index contributed by atoms with van der Waals surface area (Å²) in [7, 11) is 0. The lowest BCUT2D eigenvalue weighted by molar-refractivity contribution is 0.0526. The Balaban J connectivity index is 2.06. The fourth-order valence-corrected chi connectivity index (χ4v) is 2.69. The van der Waals surface area contributed by atoms with Crippen LogP contribution in [-0.4, -0.2) is 12.6 Å². The van der Waals surface area contributed by atoms with Gasteiger partial charge in [-0.15, -0.1) is 0 Å². The van der Waals surface area contributed by atoms with Gasteiger partial charge in [-0.3, -0.25) is 0 Å². The zero-order chi connectivity index (χ0) is 15.2. The van der Waals surface area contributed by atoms with Crippen LogP contribution >= 0.6 is 31.9 Å². The standard InChI is InChI=1S/C16H14Br2O3/c1-2-20-16(19)12-6-7-15(14(18)9-12)21-10-11-4-3-5-13(17)8-11/h3-9H,2,10H2,1H3. The lowest BCUT2D eigenvalue weighted by atomic mass is 10.2. The highest BCUT2D eigenvalue weighted by atomic mass is 79.9. The van der Waals surface area contributed by atoms with Gasteiger partial charge in [0.2, 0.25) is 0 Å². The van der Waals surface area contributed by atoms with E-state index in [1.807, 2.05) is 24.3 Å². The van der Waals surface area contributed by atoms with Gasteiger partial charge in [0.15, 0.2) is 0 Å². The van der Waals surface area contributed by atoms with Crippen molar-refractivity contribution in [1.29, 1.82) is 0 Å². The normalized spacial score (nSPS) is 10.2. The molecule has 2 aromatic carbocycles. The molecule has 0 bridgehead atoms. The van der Waals surface area contributed by atoms with Crippen LogP contribution in [0.15, 0.2) is 51.4 Å². The Hall–Kier alpha value is -1.33. The Morgan fingerprint density at radius 3 is 2.62 bits per heavy atom. The van der Waals surface area contributed by atoms with E-state index in [0.717, 1.165) is 14.5 Å². The maximum Gasteiger partial charge on any atom is 0.338 e. The third-order valence-corrected chi connectivity index (χ3v) is 3.84. The Kier molecular flexibility index (Phi) is 5.82. The minimum Gasteiger partial charge on any atom is -0.488 e. The molecule has 110 valence electrons. The van der Waals surface area contributed by atoms with E-state index in [0.29, 0.717) is 24.5 Å². The minimum absolute atomic E-state index is 0.336. The van der Waals surface area contributed by atoms with Crippen molar-refractivity contribution in [3.63, 3.8) is 0 Å². The van der Waals surface area contributed by atoms with Crippen molar-refractivity contribution in [2.45, 2.75) is 13.5 Å². The molecule has 2 rings (SSSR count). The molecule has 0 aliphatic heterocycles. The Morgan fingerprint density at radius 1 is 1.14 bits per heavy atom. The van der Waals surface area contributed by atoms with Gasteiger partial charge in [0, 0.05) is 4.47 Å². The first-order chi connectivity index (χ1) is 10.1. The summed E-state index contributed by atoms with van der Waals surface area (Å²) in [6.45, 7) is 2.59. The first-order valence-electron chi connectivity index (χ1n) is 6.44. The Labute approximate surface area is 140 Å². The van der Waals surface area contributed by atoms with Gasteiger partial charge in [0.05, 0.1) is 16.6 Å². The first kappa shape index (κ1) is 16.0. The highest BCUT2D eigenvalue weighted by Gasteiger charge is 2.10. The average Bonchev–Trinajstić information content (AvgIpc) is 2.46. The summed E-state index contributed by atoms with van der Waals surface area (Å²) in [6.07, 6.45) is 0. The largest absolute Gasteiger partial charge is 0.488 e. The molecule has 0 saturated heterocycles. The molecule has 2 aromatic rings. The molecule has 3 nitrogen and oxygen atoms in total. The number of carbonyl (C=O) groups excluding carboxylic acids is 1. The van der Waals surface area contributed by atoms with Crippen LogP contribution in [0.3, 0.4) is 0 Å². The number of benzene rings is 2. The summed E-state index contributed by atoms with van der Waals surface area (Å²) in [5.74, 6) is 0.347. The van der Waals surface area contributed by atoms with Crippen molar-refractivity contribution < 1.29 is 14.3 Å². The predicted octanol–water partition coefficient (Wildman–Crippen LogP) is 4.97. The second-order valence-corrected chi connectivity index (χ2v) is 6.05. The van der Waals surface area contributed by atoms with Gasteiger partial charge >= 0.3 is 5.97 Å². The number of hydrogen-bond acceptors (Lipinski definition) is 3. The van der Waals surface area contributed by atoms with Crippen LogP contribution in [-0.2, 0) is 11.3 Å². The number of halogens is 2. The van der Waals surface area contributed by atoms with E-state index in [1.54, 1.807) is 25.1 Å². The fraction of sp³-hybridized carbons (Fsp3) is 0.188. The van der Waals surface area contributed by atoms with E-state index in [1.165, 1.54) is 0 Å². The number of rotatable bonds is 5. The van der Waals surface area contributed by atoms with Crippen molar-refractivity contribution in [2.24, 2.45) is 0 Å². The molecule has 0 aliphatic carbocycles. The summed E-state index contributed by atoms with van der Waals surface area (Å²) < 4.78 is 12.5. The van der Waals surface area contributed by atoms with E-state index in [2.05, 4.69) is 31.9 Å². The van der Waals surface area contributed by atoms with Gasteiger partial charge in [0.25, 0.3) is 0 Å². The van der Waals surface area contributed by atoms with E-state index in [4.69, 9.17) is 9.47 Å². The molecule has 21 heavy (non-hydrogen) atoms. The minimum atomic E-state index is -0.336. The monoisotopic (exact) mass is 412 g/mol.